The Bertz CT molecular complexity index is 378. The zero-order valence-corrected chi connectivity index (χ0v) is 20.8. The molecule has 0 fully saturated rings. The minimum Gasteiger partial charge on any atom is -0.300 e. The van der Waals surface area contributed by atoms with Crippen LogP contribution in [0, 0.1) is 0 Å². The molecule has 0 aromatic heterocycles. The minimum absolute atomic E-state index is 0.396. The van der Waals surface area contributed by atoms with E-state index in [2.05, 4.69) is 88.0 Å². The molecular weight excluding hydrogens is 327 g/mol. The second-order valence-electron chi connectivity index (χ2n) is 9.74. The summed E-state index contributed by atoms with van der Waals surface area (Å²) in [4.78, 5) is 0. The van der Waals surface area contributed by atoms with E-state index in [1.165, 1.54) is 0 Å². The highest BCUT2D eigenvalue weighted by atomic mass is 31.1. The molecule has 0 radical (unpaired) electrons. The van der Waals surface area contributed by atoms with E-state index in [9.17, 15) is 0 Å². The molecular formula is C13H37N2PSi4. The predicted octanol–water partition coefficient (Wildman–Crippen LogP) is 6.05. The summed E-state index contributed by atoms with van der Waals surface area (Å²) >= 11 is 0. The lowest BCUT2D eigenvalue weighted by Crippen LogP contribution is -2.54. The fourth-order valence-electron chi connectivity index (χ4n) is 2.41. The molecule has 0 aliphatic rings. The number of hydrogen-bond donors (Lipinski definition) is 0. The highest BCUT2D eigenvalue weighted by molar-refractivity contribution is 7.58. The summed E-state index contributed by atoms with van der Waals surface area (Å²) in [6.07, 6.45) is 0. The fourth-order valence-corrected chi connectivity index (χ4v) is 24.0. The molecule has 120 valence electrons. The molecule has 0 aromatic carbocycles. The SMILES string of the molecule is C[Si](C)(C)C=P(=N[Si](C)(C)C)N([Si](C)(C)C)[Si](C)(C)C. The molecule has 0 saturated carbocycles. The van der Waals surface area contributed by atoms with Crippen LogP contribution >= 0.6 is 7.49 Å². The highest BCUT2D eigenvalue weighted by Crippen LogP contribution is 2.36. The lowest BCUT2D eigenvalue weighted by molar-refractivity contribution is 0.989. The lowest BCUT2D eigenvalue weighted by Gasteiger charge is -2.42. The van der Waals surface area contributed by atoms with Gasteiger partial charge in [0.2, 0.25) is 0 Å². The van der Waals surface area contributed by atoms with Crippen molar-refractivity contribution in [3.05, 3.63) is 0 Å². The van der Waals surface area contributed by atoms with Gasteiger partial charge in [-0.15, -0.1) is 0 Å². The minimum atomic E-state index is -1.39. The highest BCUT2D eigenvalue weighted by Gasteiger charge is 2.36. The van der Waals surface area contributed by atoms with Gasteiger partial charge in [-0.2, -0.15) is 0 Å². The molecule has 2 nitrogen and oxygen atoms in total. The van der Waals surface area contributed by atoms with Gasteiger partial charge < -0.3 is 0 Å². The Morgan fingerprint density at radius 2 is 1.05 bits per heavy atom. The van der Waals surface area contributed by atoms with Crippen LogP contribution in [0.15, 0.2) is 4.41 Å². The predicted molar refractivity (Wildman–Crippen MR) is 111 cm³/mol. The Morgan fingerprint density at radius 3 is 1.25 bits per heavy atom. The quantitative estimate of drug-likeness (QED) is 0.428. The second-order valence-corrected chi connectivity index (χ2v) is 32.5. The van der Waals surface area contributed by atoms with Gasteiger partial charge in [0, 0.05) is 7.49 Å². The van der Waals surface area contributed by atoms with Gasteiger partial charge in [0.25, 0.3) is 0 Å². The Hall–Kier alpha value is 0.798. The van der Waals surface area contributed by atoms with Crippen molar-refractivity contribution in [2.24, 2.45) is 4.41 Å². The third-order valence-electron chi connectivity index (χ3n) is 2.38. The summed E-state index contributed by atoms with van der Waals surface area (Å²) in [5.74, 6) is 0. The maximum atomic E-state index is 5.41. The maximum absolute atomic E-state index is 5.41. The van der Waals surface area contributed by atoms with E-state index in [4.69, 9.17) is 4.41 Å². The molecule has 1 atom stereocenters. The first kappa shape index (κ1) is 20.8. The van der Waals surface area contributed by atoms with Crippen LogP contribution in [0.3, 0.4) is 0 Å². The van der Waals surface area contributed by atoms with Crippen LogP contribution in [0.5, 0.6) is 0 Å². The number of hydrogen-bond acceptors (Lipinski definition) is 1. The van der Waals surface area contributed by atoms with E-state index in [1.807, 2.05) is 0 Å². The molecule has 1 unspecified atom stereocenters. The third kappa shape index (κ3) is 8.29. The van der Waals surface area contributed by atoms with E-state index < -0.39 is 40.3 Å². The zero-order valence-electron chi connectivity index (χ0n) is 15.9. The normalized spacial score (nSPS) is 16.1. The van der Waals surface area contributed by atoms with E-state index in [1.54, 1.807) is 0 Å². The molecule has 0 amide bonds. The van der Waals surface area contributed by atoms with Gasteiger partial charge in [0.15, 0.2) is 8.24 Å². The molecule has 20 heavy (non-hydrogen) atoms. The zero-order chi connectivity index (χ0) is 16.6. The molecule has 0 rings (SSSR count). The average Bonchev–Trinajstić information content (AvgIpc) is 1.87. The Morgan fingerprint density at radius 1 is 0.700 bits per heavy atom. The van der Waals surface area contributed by atoms with Gasteiger partial charge in [-0.25, -0.2) is 0 Å². The van der Waals surface area contributed by atoms with Crippen LogP contribution in [0.2, 0.25) is 78.6 Å². The van der Waals surface area contributed by atoms with Crippen LogP contribution < -0.4 is 0 Å². The van der Waals surface area contributed by atoms with Crippen molar-refractivity contribution < 1.29 is 0 Å². The fraction of sp³-hybridized carbons (Fsp3) is 0.923. The van der Waals surface area contributed by atoms with Crippen molar-refractivity contribution in [2.75, 3.05) is 0 Å². The molecule has 0 heterocycles. The average molecular weight is 365 g/mol. The molecule has 0 aromatic rings. The summed E-state index contributed by atoms with van der Waals surface area (Å²) in [7, 11) is -5.68. The summed E-state index contributed by atoms with van der Waals surface area (Å²) in [5, 5.41) is 0. The van der Waals surface area contributed by atoms with Crippen LogP contribution in [0.25, 0.3) is 0 Å². The molecule has 7 heteroatoms. The van der Waals surface area contributed by atoms with Crippen molar-refractivity contribution in [1.82, 2.24) is 4.00 Å². The smallest absolute Gasteiger partial charge is 0.179 e. The molecule has 0 N–H and O–H groups in total. The van der Waals surface area contributed by atoms with Gasteiger partial charge in [-0.3, -0.25) is 8.41 Å². The number of rotatable bonds is 5. The standard InChI is InChI=1S/C13H37N2PSi4/c1-17(2,3)13-16(14-18(4,5)6)15(19(7,8)9)20(10,11)12/h13H,1-12H3. The van der Waals surface area contributed by atoms with Crippen molar-refractivity contribution >= 4 is 45.7 Å². The van der Waals surface area contributed by atoms with Gasteiger partial charge >= 0.3 is 0 Å². The second kappa shape index (κ2) is 6.50. The van der Waals surface area contributed by atoms with E-state index in [-0.39, 0.29) is 0 Å². The van der Waals surface area contributed by atoms with Gasteiger partial charge in [-0.1, -0.05) is 58.9 Å². The summed E-state index contributed by atoms with van der Waals surface area (Å²) < 4.78 is 8.34. The van der Waals surface area contributed by atoms with Crippen molar-refractivity contribution in [2.45, 2.75) is 78.6 Å². The van der Waals surface area contributed by atoms with E-state index in [0.717, 1.165) is 0 Å². The maximum Gasteiger partial charge on any atom is 0.179 e. The summed E-state index contributed by atoms with van der Waals surface area (Å²) in [6, 6.07) is 0. The first-order valence-corrected chi connectivity index (χ1v) is 22.9. The molecule has 0 bridgehead atoms. The van der Waals surface area contributed by atoms with Crippen molar-refractivity contribution in [3.63, 3.8) is 0 Å². The van der Waals surface area contributed by atoms with Gasteiger partial charge in [0.05, 0.1) is 8.07 Å². The first-order chi connectivity index (χ1) is 8.43. The van der Waals surface area contributed by atoms with Gasteiger partial charge in [-0.05, 0) is 25.1 Å². The Balaban J connectivity index is 6.25. The van der Waals surface area contributed by atoms with Gasteiger partial charge in [0.1, 0.15) is 16.5 Å². The first-order valence-electron chi connectivity index (χ1n) is 7.62. The summed E-state index contributed by atoms with van der Waals surface area (Å²) in [5.41, 5.74) is 2.69. The molecule has 0 aliphatic heterocycles. The topological polar surface area (TPSA) is 15.6 Å². The Labute approximate surface area is 132 Å². The van der Waals surface area contributed by atoms with Crippen LogP contribution in [0.4, 0.5) is 0 Å². The molecule has 0 aliphatic carbocycles. The van der Waals surface area contributed by atoms with E-state index >= 15 is 0 Å². The largest absolute Gasteiger partial charge is 0.300 e. The summed E-state index contributed by atoms with van der Waals surface area (Å²) in [6.45, 7) is 29.5. The van der Waals surface area contributed by atoms with Crippen LogP contribution in [-0.2, 0) is 0 Å². The lowest BCUT2D eigenvalue weighted by atomic mass is 11.8. The van der Waals surface area contributed by atoms with Crippen LogP contribution in [0.1, 0.15) is 0 Å². The van der Waals surface area contributed by atoms with Crippen molar-refractivity contribution in [3.8, 4) is 0 Å². The monoisotopic (exact) mass is 364 g/mol. The third-order valence-corrected chi connectivity index (χ3v) is 21.4. The van der Waals surface area contributed by atoms with Crippen molar-refractivity contribution in [1.29, 1.82) is 0 Å². The Kier molecular flexibility index (Phi) is 6.76. The van der Waals surface area contributed by atoms with Crippen LogP contribution in [-0.4, -0.2) is 42.2 Å². The van der Waals surface area contributed by atoms with E-state index in [0.29, 0.717) is 0 Å². The molecule has 0 spiro atoms. The number of nitrogens with zero attached hydrogens (tertiary/aromatic N) is 2. The molecule has 0 saturated heterocycles.